The second-order valence-corrected chi connectivity index (χ2v) is 8.50. The third-order valence-electron chi connectivity index (χ3n) is 5.73. The second-order valence-electron chi connectivity index (χ2n) is 8.10. The zero-order valence-electron chi connectivity index (χ0n) is 20.0. The number of nitrogens with one attached hydrogen (secondary N) is 1. The Bertz CT molecular complexity index is 1420. The van der Waals surface area contributed by atoms with E-state index in [1.807, 2.05) is 35.6 Å². The molecule has 0 fully saturated rings. The Hall–Kier alpha value is -3.98. The van der Waals surface area contributed by atoms with Gasteiger partial charge in [0.1, 0.15) is 11.5 Å². The zero-order valence-corrected chi connectivity index (χ0v) is 20.7. The molecule has 37 heavy (non-hydrogen) atoms. The van der Waals surface area contributed by atoms with E-state index in [-0.39, 0.29) is 5.69 Å². The van der Waals surface area contributed by atoms with Gasteiger partial charge in [-0.1, -0.05) is 35.9 Å². The highest BCUT2D eigenvalue weighted by Gasteiger charge is 2.38. The molecule has 1 amide bonds. The number of benzene rings is 3. The SMILES string of the molecule is COc1cc(OC)c(-c2ccnn2-c2ccccc2Cl)cc1CCc1cccc(NC(=O)C(F)(F)F)c1. The maximum Gasteiger partial charge on any atom is 0.471 e. The highest BCUT2D eigenvalue weighted by molar-refractivity contribution is 6.32. The Morgan fingerprint density at radius 1 is 0.973 bits per heavy atom. The van der Waals surface area contributed by atoms with Gasteiger partial charge in [0.25, 0.3) is 0 Å². The normalized spacial score (nSPS) is 11.3. The molecule has 0 spiro atoms. The lowest BCUT2D eigenvalue weighted by Crippen LogP contribution is -2.29. The summed E-state index contributed by atoms with van der Waals surface area (Å²) in [5.41, 5.74) is 3.91. The average molecular weight is 530 g/mol. The molecule has 0 unspecified atom stereocenters. The molecule has 1 aromatic heterocycles. The molecular formula is C27H23ClF3N3O3. The van der Waals surface area contributed by atoms with Crippen molar-refractivity contribution in [2.24, 2.45) is 0 Å². The van der Waals surface area contributed by atoms with Crippen LogP contribution in [0.5, 0.6) is 11.5 Å². The topological polar surface area (TPSA) is 65.4 Å². The molecule has 0 radical (unpaired) electrons. The van der Waals surface area contributed by atoms with Gasteiger partial charge in [0.05, 0.1) is 36.8 Å². The van der Waals surface area contributed by atoms with Crippen molar-refractivity contribution in [2.45, 2.75) is 19.0 Å². The Morgan fingerprint density at radius 2 is 1.73 bits per heavy atom. The summed E-state index contributed by atoms with van der Waals surface area (Å²) in [4.78, 5) is 11.3. The summed E-state index contributed by atoms with van der Waals surface area (Å²) >= 11 is 6.41. The van der Waals surface area contributed by atoms with Crippen LogP contribution in [0.15, 0.2) is 72.9 Å². The van der Waals surface area contributed by atoms with Gasteiger partial charge in [0.15, 0.2) is 0 Å². The third kappa shape index (κ3) is 5.89. The van der Waals surface area contributed by atoms with Gasteiger partial charge in [-0.15, -0.1) is 0 Å². The lowest BCUT2D eigenvalue weighted by molar-refractivity contribution is -0.167. The number of rotatable bonds is 8. The summed E-state index contributed by atoms with van der Waals surface area (Å²) in [6.45, 7) is 0. The Kier molecular flexibility index (Phi) is 7.73. The van der Waals surface area contributed by atoms with Crippen molar-refractivity contribution in [3.8, 4) is 28.4 Å². The van der Waals surface area contributed by atoms with Crippen molar-refractivity contribution in [3.05, 3.63) is 89.1 Å². The first kappa shape index (κ1) is 26.1. The molecule has 6 nitrogen and oxygen atoms in total. The van der Waals surface area contributed by atoms with Crippen LogP contribution in [0.25, 0.3) is 16.9 Å². The molecule has 0 saturated carbocycles. The first-order valence-electron chi connectivity index (χ1n) is 11.2. The summed E-state index contributed by atoms with van der Waals surface area (Å²) in [6, 6.07) is 19.2. The van der Waals surface area contributed by atoms with Crippen LogP contribution in [0.4, 0.5) is 18.9 Å². The molecule has 192 valence electrons. The number of halogens is 4. The molecule has 1 N–H and O–H groups in total. The van der Waals surface area contributed by atoms with Gasteiger partial charge >= 0.3 is 12.1 Å². The quantitative estimate of drug-likeness (QED) is 0.283. The van der Waals surface area contributed by atoms with E-state index in [9.17, 15) is 18.0 Å². The Labute approximate surface area is 216 Å². The van der Waals surface area contributed by atoms with Crippen molar-refractivity contribution < 1.29 is 27.4 Å². The molecule has 10 heteroatoms. The minimum atomic E-state index is -4.96. The van der Waals surface area contributed by atoms with E-state index in [2.05, 4.69) is 5.10 Å². The van der Waals surface area contributed by atoms with Crippen LogP contribution in [0.1, 0.15) is 11.1 Å². The number of hydrogen-bond acceptors (Lipinski definition) is 4. The van der Waals surface area contributed by atoms with E-state index < -0.39 is 12.1 Å². The van der Waals surface area contributed by atoms with Gasteiger partial charge in [-0.05, 0) is 60.4 Å². The van der Waals surface area contributed by atoms with Crippen LogP contribution in [0, 0.1) is 0 Å². The van der Waals surface area contributed by atoms with Crippen LogP contribution in [0.3, 0.4) is 0 Å². The Balaban J connectivity index is 1.65. The molecule has 0 aliphatic heterocycles. The maximum atomic E-state index is 12.6. The van der Waals surface area contributed by atoms with Gasteiger partial charge in [-0.25, -0.2) is 4.68 Å². The van der Waals surface area contributed by atoms with Crippen molar-refractivity contribution in [3.63, 3.8) is 0 Å². The average Bonchev–Trinajstić information content (AvgIpc) is 3.36. The van der Waals surface area contributed by atoms with E-state index in [1.54, 1.807) is 49.4 Å². The fourth-order valence-electron chi connectivity index (χ4n) is 3.97. The molecule has 4 rings (SSSR count). The number of anilines is 1. The first-order chi connectivity index (χ1) is 17.7. The molecule has 4 aromatic rings. The molecule has 0 atom stereocenters. The summed E-state index contributed by atoms with van der Waals surface area (Å²) in [6.07, 6.45) is -2.29. The standard InChI is InChI=1S/C27H23ClF3N3O3/c1-36-24-16-25(37-2)20(22-12-13-32-34(22)23-9-4-3-8-21(23)28)15-18(24)11-10-17-6-5-7-19(14-17)33-26(35)27(29,30)31/h3-9,12-16H,10-11H2,1-2H3,(H,33,35). The zero-order chi connectivity index (χ0) is 26.6. The van der Waals surface area contributed by atoms with E-state index in [0.29, 0.717) is 35.1 Å². The second kappa shape index (κ2) is 11.0. The fourth-order valence-corrected chi connectivity index (χ4v) is 4.18. The van der Waals surface area contributed by atoms with Crippen LogP contribution < -0.4 is 14.8 Å². The minimum absolute atomic E-state index is 0.0749. The molecule has 1 heterocycles. The number of methoxy groups -OCH3 is 2. The van der Waals surface area contributed by atoms with Gasteiger partial charge in [-0.3, -0.25) is 4.79 Å². The van der Waals surface area contributed by atoms with Crippen molar-refractivity contribution in [2.75, 3.05) is 19.5 Å². The number of para-hydroxylation sites is 1. The number of nitrogens with zero attached hydrogens (tertiary/aromatic N) is 2. The molecule has 0 bridgehead atoms. The highest BCUT2D eigenvalue weighted by atomic mass is 35.5. The highest BCUT2D eigenvalue weighted by Crippen LogP contribution is 2.38. The molecule has 0 aliphatic rings. The number of amides is 1. The Morgan fingerprint density at radius 3 is 2.43 bits per heavy atom. The number of aromatic nitrogens is 2. The maximum absolute atomic E-state index is 12.6. The molecule has 0 saturated heterocycles. The van der Waals surface area contributed by atoms with Gasteiger partial charge in [0.2, 0.25) is 0 Å². The van der Waals surface area contributed by atoms with E-state index in [0.717, 1.165) is 22.4 Å². The monoisotopic (exact) mass is 529 g/mol. The number of hydrogen-bond donors (Lipinski definition) is 1. The van der Waals surface area contributed by atoms with Crippen molar-refractivity contribution >= 4 is 23.2 Å². The van der Waals surface area contributed by atoms with Crippen molar-refractivity contribution in [1.29, 1.82) is 0 Å². The number of ether oxygens (including phenoxy) is 2. The predicted molar refractivity (Wildman–Crippen MR) is 136 cm³/mol. The number of alkyl halides is 3. The van der Waals surface area contributed by atoms with Crippen molar-refractivity contribution in [1.82, 2.24) is 9.78 Å². The predicted octanol–water partition coefficient (Wildman–Crippen LogP) is 6.50. The summed E-state index contributed by atoms with van der Waals surface area (Å²) in [5, 5.41) is 6.87. The summed E-state index contributed by atoms with van der Waals surface area (Å²) in [5.74, 6) is -0.835. The van der Waals surface area contributed by atoms with Gasteiger partial charge in [-0.2, -0.15) is 18.3 Å². The summed E-state index contributed by atoms with van der Waals surface area (Å²) in [7, 11) is 3.12. The molecule has 0 aliphatic carbocycles. The van der Waals surface area contributed by atoms with Gasteiger partial charge < -0.3 is 14.8 Å². The summed E-state index contributed by atoms with van der Waals surface area (Å²) < 4.78 is 50.8. The van der Waals surface area contributed by atoms with Crippen LogP contribution in [-0.2, 0) is 17.6 Å². The fraction of sp³-hybridized carbons (Fsp3) is 0.185. The number of carbonyl (C=O) groups excluding carboxylic acids is 1. The van der Waals surface area contributed by atoms with E-state index in [1.165, 1.54) is 12.1 Å². The largest absolute Gasteiger partial charge is 0.496 e. The van der Waals surface area contributed by atoms with E-state index in [4.69, 9.17) is 21.1 Å². The molecule has 3 aromatic carbocycles. The smallest absolute Gasteiger partial charge is 0.471 e. The molecular weight excluding hydrogens is 507 g/mol. The number of aryl methyl sites for hydroxylation is 2. The first-order valence-corrected chi connectivity index (χ1v) is 11.6. The van der Waals surface area contributed by atoms with Gasteiger partial charge in [0, 0.05) is 17.3 Å². The van der Waals surface area contributed by atoms with E-state index >= 15 is 0 Å². The number of carbonyl (C=O) groups is 1. The van der Waals surface area contributed by atoms with Crippen LogP contribution in [-0.4, -0.2) is 36.1 Å². The minimum Gasteiger partial charge on any atom is -0.496 e. The lowest BCUT2D eigenvalue weighted by atomic mass is 9.99. The van der Waals surface area contributed by atoms with Crippen LogP contribution >= 0.6 is 11.6 Å². The van der Waals surface area contributed by atoms with Crippen LogP contribution in [0.2, 0.25) is 5.02 Å². The third-order valence-corrected chi connectivity index (χ3v) is 6.05. The lowest BCUT2D eigenvalue weighted by Gasteiger charge is -2.17.